The predicted octanol–water partition coefficient (Wildman–Crippen LogP) is 4.02. The van der Waals surface area contributed by atoms with Crippen molar-refractivity contribution in [1.29, 1.82) is 0 Å². The lowest BCUT2D eigenvalue weighted by molar-refractivity contribution is -0.144. The maximum absolute atomic E-state index is 12.8. The summed E-state index contributed by atoms with van der Waals surface area (Å²) < 4.78 is 38.3. The lowest BCUT2D eigenvalue weighted by Gasteiger charge is -2.42. The molecule has 112 valence electrons. The second-order valence-corrected chi connectivity index (χ2v) is 5.97. The first kappa shape index (κ1) is 15.4. The lowest BCUT2D eigenvalue weighted by atomic mass is 9.86. The molecule has 0 N–H and O–H groups in total. The fourth-order valence-corrected chi connectivity index (χ4v) is 2.87. The van der Waals surface area contributed by atoms with Crippen molar-refractivity contribution >= 4 is 17.4 Å². The average molecular weight is 308 g/mol. The van der Waals surface area contributed by atoms with Crippen LogP contribution in [0.2, 0.25) is 5.15 Å². The molecule has 3 unspecified atom stereocenters. The van der Waals surface area contributed by atoms with E-state index in [-0.39, 0.29) is 17.0 Å². The first-order valence-electron chi connectivity index (χ1n) is 6.57. The minimum atomic E-state index is -4.59. The maximum atomic E-state index is 12.8. The van der Waals surface area contributed by atoms with Crippen molar-refractivity contribution in [2.45, 2.75) is 39.4 Å². The van der Waals surface area contributed by atoms with Gasteiger partial charge in [0.15, 0.2) is 0 Å². The predicted molar refractivity (Wildman–Crippen MR) is 71.8 cm³/mol. The number of rotatable bonds is 1. The number of nitrogens with zero attached hydrogens (tertiary/aromatic N) is 3. The maximum Gasteiger partial charge on any atom is 0.451 e. The van der Waals surface area contributed by atoms with E-state index in [1.54, 1.807) is 0 Å². The Labute approximate surface area is 121 Å². The summed E-state index contributed by atoms with van der Waals surface area (Å²) in [5, 5.41) is -0.180. The highest BCUT2D eigenvalue weighted by Gasteiger charge is 2.37. The monoisotopic (exact) mass is 307 g/mol. The third-order valence-corrected chi connectivity index (χ3v) is 4.02. The topological polar surface area (TPSA) is 29.0 Å². The van der Waals surface area contributed by atoms with Gasteiger partial charge in [0.1, 0.15) is 11.0 Å². The van der Waals surface area contributed by atoms with Gasteiger partial charge < -0.3 is 4.90 Å². The number of alkyl halides is 3. The van der Waals surface area contributed by atoms with Gasteiger partial charge >= 0.3 is 6.18 Å². The van der Waals surface area contributed by atoms with Crippen LogP contribution in [0, 0.1) is 11.8 Å². The Hall–Kier alpha value is -1.04. The summed E-state index contributed by atoms with van der Waals surface area (Å²) in [6.45, 7) is 6.86. The van der Waals surface area contributed by atoms with Crippen LogP contribution in [0.4, 0.5) is 19.0 Å². The molecule has 0 spiro atoms. The standard InChI is InChI=1S/C13H17ClF3N3/c1-7-4-8(2)9(3)20(6-7)11-5-10(14)18-12(19-11)13(15,16)17/h5,7-9H,4,6H2,1-3H3. The SMILES string of the molecule is CC1CC(C)C(C)N(c2cc(Cl)nc(C(F)(F)F)n2)C1. The Bertz CT molecular complexity index is 492. The molecule has 0 aromatic carbocycles. The molecule has 1 aliphatic rings. The fraction of sp³-hybridized carbons (Fsp3) is 0.692. The normalized spacial score (nSPS) is 27.8. The van der Waals surface area contributed by atoms with Gasteiger partial charge in [0.25, 0.3) is 0 Å². The highest BCUT2D eigenvalue weighted by Crippen LogP contribution is 2.33. The first-order chi connectivity index (χ1) is 9.18. The molecule has 1 aromatic heterocycles. The van der Waals surface area contributed by atoms with E-state index < -0.39 is 12.0 Å². The van der Waals surface area contributed by atoms with Gasteiger partial charge in [-0.2, -0.15) is 13.2 Å². The summed E-state index contributed by atoms with van der Waals surface area (Å²) in [5.74, 6) is -0.132. The molecule has 3 nitrogen and oxygen atoms in total. The van der Waals surface area contributed by atoms with Crippen LogP contribution in [0.5, 0.6) is 0 Å². The van der Waals surface area contributed by atoms with Gasteiger partial charge in [-0.1, -0.05) is 25.4 Å². The van der Waals surface area contributed by atoms with Crippen molar-refractivity contribution in [3.05, 3.63) is 17.0 Å². The molecule has 7 heteroatoms. The second kappa shape index (κ2) is 5.39. The van der Waals surface area contributed by atoms with Gasteiger partial charge in [0, 0.05) is 18.7 Å². The van der Waals surface area contributed by atoms with Gasteiger partial charge in [-0.05, 0) is 25.2 Å². The molecule has 2 rings (SSSR count). The van der Waals surface area contributed by atoms with Gasteiger partial charge in [-0.25, -0.2) is 9.97 Å². The molecule has 1 aromatic rings. The number of piperidine rings is 1. The summed E-state index contributed by atoms with van der Waals surface area (Å²) in [6, 6.07) is 1.52. The Morgan fingerprint density at radius 2 is 1.90 bits per heavy atom. The smallest absolute Gasteiger partial charge is 0.353 e. The van der Waals surface area contributed by atoms with E-state index in [1.165, 1.54) is 6.07 Å². The number of halogens is 4. The highest BCUT2D eigenvalue weighted by molar-refractivity contribution is 6.29. The molecule has 1 saturated heterocycles. The van der Waals surface area contributed by atoms with Crippen LogP contribution in [0.15, 0.2) is 6.07 Å². The van der Waals surface area contributed by atoms with Gasteiger partial charge in [-0.3, -0.25) is 0 Å². The molecular weight excluding hydrogens is 291 g/mol. The molecule has 0 radical (unpaired) electrons. The van der Waals surface area contributed by atoms with Crippen LogP contribution in [0.1, 0.15) is 33.0 Å². The first-order valence-corrected chi connectivity index (χ1v) is 6.94. The quantitative estimate of drug-likeness (QED) is 0.734. The van der Waals surface area contributed by atoms with E-state index in [2.05, 4.69) is 23.8 Å². The number of anilines is 1. The Kier molecular flexibility index (Phi) is 4.14. The summed E-state index contributed by atoms with van der Waals surface area (Å²) in [7, 11) is 0. The highest BCUT2D eigenvalue weighted by atomic mass is 35.5. The summed E-state index contributed by atoms with van der Waals surface area (Å²) >= 11 is 5.72. The average Bonchev–Trinajstić information content (AvgIpc) is 2.32. The van der Waals surface area contributed by atoms with E-state index >= 15 is 0 Å². The third-order valence-electron chi connectivity index (χ3n) is 3.83. The van der Waals surface area contributed by atoms with Crippen molar-refractivity contribution in [3.63, 3.8) is 0 Å². The zero-order chi connectivity index (χ0) is 15.1. The van der Waals surface area contributed by atoms with Crippen LogP contribution < -0.4 is 4.90 Å². The zero-order valence-corrected chi connectivity index (χ0v) is 12.3. The van der Waals surface area contributed by atoms with Gasteiger partial charge in [-0.15, -0.1) is 0 Å². The summed E-state index contributed by atoms with van der Waals surface area (Å²) in [4.78, 5) is 8.81. The third kappa shape index (κ3) is 3.16. The Balaban J connectivity index is 2.39. The van der Waals surface area contributed by atoms with Crippen molar-refractivity contribution < 1.29 is 13.2 Å². The molecule has 3 atom stereocenters. The van der Waals surface area contributed by atoms with E-state index in [0.717, 1.165) is 6.42 Å². The van der Waals surface area contributed by atoms with Crippen LogP contribution in [0.3, 0.4) is 0 Å². The van der Waals surface area contributed by atoms with Gasteiger partial charge in [0.05, 0.1) is 0 Å². The van der Waals surface area contributed by atoms with E-state index in [4.69, 9.17) is 11.6 Å². The van der Waals surface area contributed by atoms with E-state index in [1.807, 2.05) is 11.8 Å². The molecule has 20 heavy (non-hydrogen) atoms. The van der Waals surface area contributed by atoms with Crippen molar-refractivity contribution in [2.75, 3.05) is 11.4 Å². The van der Waals surface area contributed by atoms with Crippen LogP contribution >= 0.6 is 11.6 Å². The molecule has 1 aliphatic heterocycles. The number of hydrogen-bond donors (Lipinski definition) is 0. The summed E-state index contributed by atoms with van der Waals surface area (Å²) in [5.41, 5.74) is 0. The molecule has 0 saturated carbocycles. The minimum absolute atomic E-state index is 0.123. The minimum Gasteiger partial charge on any atom is -0.353 e. The largest absolute Gasteiger partial charge is 0.451 e. The molecule has 1 fully saturated rings. The van der Waals surface area contributed by atoms with Crippen molar-refractivity contribution in [2.24, 2.45) is 11.8 Å². The molecule has 2 heterocycles. The summed E-state index contributed by atoms with van der Waals surface area (Å²) in [6.07, 6.45) is -3.53. The van der Waals surface area contributed by atoms with Crippen molar-refractivity contribution in [3.8, 4) is 0 Å². The molecule has 0 amide bonds. The lowest BCUT2D eigenvalue weighted by Crippen LogP contribution is -2.46. The van der Waals surface area contributed by atoms with E-state index in [9.17, 15) is 13.2 Å². The molecule has 0 aliphatic carbocycles. The molecular formula is C13H17ClF3N3. The number of hydrogen-bond acceptors (Lipinski definition) is 3. The van der Waals surface area contributed by atoms with Crippen LogP contribution in [-0.4, -0.2) is 22.6 Å². The zero-order valence-electron chi connectivity index (χ0n) is 11.6. The second-order valence-electron chi connectivity index (χ2n) is 5.58. The Morgan fingerprint density at radius 1 is 1.25 bits per heavy atom. The van der Waals surface area contributed by atoms with Gasteiger partial charge in [0.2, 0.25) is 5.82 Å². The molecule has 0 bridgehead atoms. The van der Waals surface area contributed by atoms with Crippen LogP contribution in [-0.2, 0) is 6.18 Å². The van der Waals surface area contributed by atoms with Crippen molar-refractivity contribution in [1.82, 2.24) is 9.97 Å². The Morgan fingerprint density at radius 3 is 2.50 bits per heavy atom. The van der Waals surface area contributed by atoms with Crippen LogP contribution in [0.25, 0.3) is 0 Å². The fourth-order valence-electron chi connectivity index (χ4n) is 2.70. The van der Waals surface area contributed by atoms with E-state index in [0.29, 0.717) is 18.4 Å². The number of aromatic nitrogens is 2.